The number of ketones is 1. The highest BCUT2D eigenvalue weighted by atomic mass is 16.5. The largest absolute Gasteiger partial charge is 0.507 e. The standard InChI is InChI=1S/C20H22O4/c1-9-5-6-20(4)12(11(9)3)7-13(21)15-16(20)18(23)19-14(17(15)22)10(2)8-24-19/h7,10,22-23H,5-6,8H2,1-4H3/t10-,20+/m0/s1. The fourth-order valence-corrected chi connectivity index (χ4v) is 4.53. The summed E-state index contributed by atoms with van der Waals surface area (Å²) in [5.74, 6) is 0.0702. The molecule has 3 aliphatic rings. The number of ether oxygens (including phenoxy) is 1. The van der Waals surface area contributed by atoms with Crippen LogP contribution >= 0.6 is 0 Å². The highest BCUT2D eigenvalue weighted by molar-refractivity contribution is 6.12. The number of allylic oxidation sites excluding steroid dienone is 4. The second kappa shape index (κ2) is 4.65. The Hall–Kier alpha value is -2.23. The number of carbonyl (C=O) groups is 1. The molecule has 0 saturated carbocycles. The maximum atomic E-state index is 12.8. The van der Waals surface area contributed by atoms with E-state index in [4.69, 9.17) is 4.74 Å². The molecule has 126 valence electrons. The molecule has 4 heteroatoms. The van der Waals surface area contributed by atoms with Gasteiger partial charge in [-0.2, -0.15) is 0 Å². The Balaban J connectivity index is 2.08. The van der Waals surface area contributed by atoms with Crippen LogP contribution in [0.4, 0.5) is 0 Å². The van der Waals surface area contributed by atoms with E-state index in [1.165, 1.54) is 5.57 Å². The highest BCUT2D eigenvalue weighted by Gasteiger charge is 2.47. The van der Waals surface area contributed by atoms with Crippen LogP contribution in [0.25, 0.3) is 0 Å². The molecule has 0 bridgehead atoms. The molecule has 0 fully saturated rings. The molecule has 0 amide bonds. The van der Waals surface area contributed by atoms with E-state index in [0.29, 0.717) is 23.5 Å². The quantitative estimate of drug-likeness (QED) is 0.704. The van der Waals surface area contributed by atoms with Crippen molar-refractivity contribution in [2.24, 2.45) is 0 Å². The van der Waals surface area contributed by atoms with Gasteiger partial charge >= 0.3 is 0 Å². The van der Waals surface area contributed by atoms with Crippen molar-refractivity contribution in [2.75, 3.05) is 6.61 Å². The average molecular weight is 326 g/mol. The molecular weight excluding hydrogens is 304 g/mol. The Morgan fingerprint density at radius 3 is 2.67 bits per heavy atom. The Bertz CT molecular complexity index is 859. The van der Waals surface area contributed by atoms with Crippen molar-refractivity contribution >= 4 is 5.78 Å². The van der Waals surface area contributed by atoms with Gasteiger partial charge in [0.15, 0.2) is 17.3 Å². The van der Waals surface area contributed by atoms with Crippen molar-refractivity contribution in [3.05, 3.63) is 39.5 Å². The van der Waals surface area contributed by atoms with E-state index < -0.39 is 5.41 Å². The van der Waals surface area contributed by atoms with Gasteiger partial charge in [-0.1, -0.05) is 19.4 Å². The zero-order valence-corrected chi connectivity index (χ0v) is 14.5. The number of rotatable bonds is 0. The lowest BCUT2D eigenvalue weighted by Gasteiger charge is -2.42. The van der Waals surface area contributed by atoms with Crippen LogP contribution in [0.1, 0.15) is 67.9 Å². The van der Waals surface area contributed by atoms with Crippen LogP contribution in [-0.4, -0.2) is 22.6 Å². The molecule has 4 rings (SSSR count). The summed E-state index contributed by atoms with van der Waals surface area (Å²) in [5.41, 5.74) is 4.17. The minimum atomic E-state index is -0.487. The number of phenols is 2. The number of carbonyl (C=O) groups excluding carboxylic acids is 1. The third kappa shape index (κ3) is 1.66. The average Bonchev–Trinajstić information content (AvgIpc) is 2.92. The van der Waals surface area contributed by atoms with Crippen molar-refractivity contribution in [1.82, 2.24) is 0 Å². The van der Waals surface area contributed by atoms with Crippen LogP contribution in [0.3, 0.4) is 0 Å². The third-order valence-corrected chi connectivity index (χ3v) is 6.12. The summed E-state index contributed by atoms with van der Waals surface area (Å²) in [7, 11) is 0. The van der Waals surface area contributed by atoms with Gasteiger partial charge in [0.2, 0.25) is 0 Å². The van der Waals surface area contributed by atoms with Gasteiger partial charge in [-0.05, 0) is 43.9 Å². The fraction of sp³-hybridized carbons (Fsp3) is 0.450. The van der Waals surface area contributed by atoms with Crippen molar-refractivity contribution < 1.29 is 19.7 Å². The SMILES string of the molecule is CC1=C(C)C2=CC(=O)c3c(O)c4c(c(O)c3[C@]2(C)CC1)OC[C@@H]4C. The summed E-state index contributed by atoms with van der Waals surface area (Å²) in [6.45, 7) is 8.48. The molecule has 2 atom stereocenters. The Kier molecular flexibility index (Phi) is 2.97. The van der Waals surface area contributed by atoms with E-state index in [2.05, 4.69) is 6.92 Å². The van der Waals surface area contributed by atoms with E-state index in [9.17, 15) is 15.0 Å². The second-order valence-electron chi connectivity index (χ2n) is 7.56. The number of phenolic OH excluding ortho intramolecular Hbond substituents is 2. The van der Waals surface area contributed by atoms with Gasteiger partial charge in [-0.3, -0.25) is 4.79 Å². The molecule has 1 aliphatic heterocycles. The van der Waals surface area contributed by atoms with Crippen LogP contribution in [0, 0.1) is 0 Å². The van der Waals surface area contributed by atoms with Crippen molar-refractivity contribution in [2.45, 2.75) is 51.9 Å². The van der Waals surface area contributed by atoms with Crippen LogP contribution in [-0.2, 0) is 5.41 Å². The van der Waals surface area contributed by atoms with E-state index in [1.807, 2.05) is 20.8 Å². The highest BCUT2D eigenvalue weighted by Crippen LogP contribution is 2.59. The molecule has 0 saturated heterocycles. The first-order valence-corrected chi connectivity index (χ1v) is 8.45. The van der Waals surface area contributed by atoms with Crippen molar-refractivity contribution in [3.8, 4) is 17.2 Å². The van der Waals surface area contributed by atoms with E-state index in [-0.39, 0.29) is 28.8 Å². The number of aromatic hydroxyl groups is 2. The number of fused-ring (bicyclic) bond motifs is 4. The molecule has 4 nitrogen and oxygen atoms in total. The van der Waals surface area contributed by atoms with Gasteiger partial charge in [0, 0.05) is 22.5 Å². The smallest absolute Gasteiger partial charge is 0.190 e. The topological polar surface area (TPSA) is 66.8 Å². The summed E-state index contributed by atoms with van der Waals surface area (Å²) in [6.07, 6.45) is 3.35. The van der Waals surface area contributed by atoms with Crippen LogP contribution in [0.2, 0.25) is 0 Å². The lowest BCUT2D eigenvalue weighted by atomic mass is 9.61. The minimum absolute atomic E-state index is 0.0201. The first-order valence-electron chi connectivity index (χ1n) is 8.45. The molecule has 0 spiro atoms. The molecule has 0 aromatic heterocycles. The number of hydrogen-bond donors (Lipinski definition) is 2. The van der Waals surface area contributed by atoms with Gasteiger partial charge in [0.05, 0.1) is 12.2 Å². The van der Waals surface area contributed by atoms with Crippen LogP contribution in [0.5, 0.6) is 17.2 Å². The summed E-state index contributed by atoms with van der Waals surface area (Å²) < 4.78 is 5.64. The predicted octanol–water partition coefficient (Wildman–Crippen LogP) is 4.10. The van der Waals surface area contributed by atoms with Crippen LogP contribution in [0.15, 0.2) is 22.8 Å². The molecule has 1 aromatic carbocycles. The maximum absolute atomic E-state index is 12.8. The monoisotopic (exact) mass is 326 g/mol. The first-order chi connectivity index (χ1) is 11.3. The van der Waals surface area contributed by atoms with Crippen molar-refractivity contribution in [3.63, 3.8) is 0 Å². The molecule has 1 aromatic rings. The Morgan fingerprint density at radius 1 is 1.25 bits per heavy atom. The van der Waals surface area contributed by atoms with E-state index >= 15 is 0 Å². The number of hydrogen-bond acceptors (Lipinski definition) is 4. The van der Waals surface area contributed by atoms with Gasteiger partial charge in [0.1, 0.15) is 5.75 Å². The van der Waals surface area contributed by atoms with Gasteiger partial charge < -0.3 is 14.9 Å². The molecule has 24 heavy (non-hydrogen) atoms. The first kappa shape index (κ1) is 15.3. The lowest BCUT2D eigenvalue weighted by Crippen LogP contribution is -2.34. The Labute approximate surface area is 141 Å². The van der Waals surface area contributed by atoms with Gasteiger partial charge in [-0.15, -0.1) is 0 Å². The molecule has 2 N–H and O–H groups in total. The zero-order valence-electron chi connectivity index (χ0n) is 14.5. The summed E-state index contributed by atoms with van der Waals surface area (Å²) in [6, 6.07) is 0. The second-order valence-corrected chi connectivity index (χ2v) is 7.56. The van der Waals surface area contributed by atoms with E-state index in [0.717, 1.165) is 24.0 Å². The molecule has 0 unspecified atom stereocenters. The number of benzene rings is 1. The normalized spacial score (nSPS) is 28.1. The van der Waals surface area contributed by atoms with Gasteiger partial charge in [-0.25, -0.2) is 0 Å². The molecular formula is C20H22O4. The maximum Gasteiger partial charge on any atom is 0.190 e. The Morgan fingerprint density at radius 2 is 1.96 bits per heavy atom. The van der Waals surface area contributed by atoms with Crippen molar-refractivity contribution in [1.29, 1.82) is 0 Å². The lowest BCUT2D eigenvalue weighted by molar-refractivity contribution is 0.103. The predicted molar refractivity (Wildman–Crippen MR) is 91.1 cm³/mol. The minimum Gasteiger partial charge on any atom is -0.507 e. The molecule has 0 radical (unpaired) electrons. The summed E-state index contributed by atoms with van der Waals surface area (Å²) >= 11 is 0. The summed E-state index contributed by atoms with van der Waals surface area (Å²) in [5, 5.41) is 21.7. The summed E-state index contributed by atoms with van der Waals surface area (Å²) in [4.78, 5) is 12.8. The third-order valence-electron chi connectivity index (χ3n) is 6.12. The molecule has 1 heterocycles. The molecule has 2 aliphatic carbocycles. The van der Waals surface area contributed by atoms with Gasteiger partial charge in [0.25, 0.3) is 0 Å². The zero-order chi connectivity index (χ0) is 17.4. The fourth-order valence-electron chi connectivity index (χ4n) is 4.53. The van der Waals surface area contributed by atoms with Crippen LogP contribution < -0.4 is 4.74 Å². The van der Waals surface area contributed by atoms with E-state index in [1.54, 1.807) is 6.08 Å².